The van der Waals surface area contributed by atoms with E-state index in [1.807, 2.05) is 18.4 Å². The van der Waals surface area contributed by atoms with Crippen molar-refractivity contribution in [1.29, 1.82) is 0 Å². The van der Waals surface area contributed by atoms with Gasteiger partial charge in [0.1, 0.15) is 0 Å². The molecule has 0 fully saturated rings. The molecular formula is C10H13BrF3NS. The molecule has 92 valence electrons. The minimum atomic E-state index is -4.09. The maximum Gasteiger partial charge on any atom is 0.389 e. The van der Waals surface area contributed by atoms with Crippen molar-refractivity contribution in [2.24, 2.45) is 0 Å². The van der Waals surface area contributed by atoms with E-state index in [0.717, 1.165) is 9.35 Å². The lowest BCUT2D eigenvalue weighted by Crippen LogP contribution is -2.22. The van der Waals surface area contributed by atoms with Crippen LogP contribution in [0.25, 0.3) is 0 Å². The first-order chi connectivity index (χ1) is 7.44. The molecule has 0 saturated heterocycles. The van der Waals surface area contributed by atoms with E-state index in [2.05, 4.69) is 21.2 Å². The van der Waals surface area contributed by atoms with E-state index in [1.54, 1.807) is 0 Å². The third-order valence-electron chi connectivity index (χ3n) is 2.13. The third kappa shape index (κ3) is 4.43. The zero-order chi connectivity index (χ0) is 12.2. The van der Waals surface area contributed by atoms with Crippen molar-refractivity contribution in [3.8, 4) is 0 Å². The molecule has 0 aliphatic carbocycles. The van der Waals surface area contributed by atoms with Gasteiger partial charge in [0.05, 0.1) is 0 Å². The van der Waals surface area contributed by atoms with Crippen molar-refractivity contribution in [2.75, 3.05) is 6.54 Å². The fourth-order valence-electron chi connectivity index (χ4n) is 1.43. The maximum absolute atomic E-state index is 12.2. The molecule has 0 bridgehead atoms. The Morgan fingerprint density at radius 2 is 2.19 bits per heavy atom. The second-order valence-electron chi connectivity index (χ2n) is 3.40. The quantitative estimate of drug-likeness (QED) is 0.843. The number of alkyl halides is 3. The zero-order valence-electron chi connectivity index (χ0n) is 8.77. The highest BCUT2D eigenvalue weighted by Crippen LogP contribution is 2.34. The highest BCUT2D eigenvalue weighted by atomic mass is 79.9. The highest BCUT2D eigenvalue weighted by molar-refractivity contribution is 9.10. The topological polar surface area (TPSA) is 12.0 Å². The number of halogens is 4. The first kappa shape index (κ1) is 14.0. The Labute approximate surface area is 105 Å². The molecule has 0 spiro atoms. The van der Waals surface area contributed by atoms with Crippen molar-refractivity contribution < 1.29 is 13.2 Å². The molecule has 0 saturated carbocycles. The Kier molecular flexibility index (Phi) is 5.27. The Bertz CT molecular complexity index is 324. The summed E-state index contributed by atoms with van der Waals surface area (Å²) in [7, 11) is 0. The van der Waals surface area contributed by atoms with E-state index in [4.69, 9.17) is 0 Å². The summed E-state index contributed by atoms with van der Waals surface area (Å²) in [5.41, 5.74) is 0. The van der Waals surface area contributed by atoms with Gasteiger partial charge in [0.2, 0.25) is 0 Å². The van der Waals surface area contributed by atoms with Crippen molar-refractivity contribution in [3.63, 3.8) is 0 Å². The van der Waals surface area contributed by atoms with Crippen molar-refractivity contribution in [1.82, 2.24) is 5.32 Å². The number of nitrogens with one attached hydrogen (secondary N) is 1. The monoisotopic (exact) mass is 315 g/mol. The normalized spacial score (nSPS) is 14.1. The minimum Gasteiger partial charge on any atom is -0.309 e. The first-order valence-corrected chi connectivity index (χ1v) is 6.64. The molecule has 0 aromatic carbocycles. The van der Waals surface area contributed by atoms with Crippen LogP contribution in [0.5, 0.6) is 0 Å². The van der Waals surface area contributed by atoms with E-state index >= 15 is 0 Å². The number of hydrogen-bond acceptors (Lipinski definition) is 2. The molecule has 1 heterocycles. The Balaban J connectivity index is 2.65. The molecule has 16 heavy (non-hydrogen) atoms. The van der Waals surface area contributed by atoms with Crippen LogP contribution in [0.1, 0.15) is 30.7 Å². The Morgan fingerprint density at radius 1 is 1.50 bits per heavy atom. The van der Waals surface area contributed by atoms with Crippen LogP contribution in [0.2, 0.25) is 0 Å². The molecule has 0 radical (unpaired) electrons. The van der Waals surface area contributed by atoms with Crippen LogP contribution in [0.4, 0.5) is 13.2 Å². The maximum atomic E-state index is 12.2. The van der Waals surface area contributed by atoms with Crippen LogP contribution in [0.3, 0.4) is 0 Å². The van der Waals surface area contributed by atoms with Crippen molar-refractivity contribution in [2.45, 2.75) is 32.0 Å². The summed E-state index contributed by atoms with van der Waals surface area (Å²) in [4.78, 5) is 0.936. The smallest absolute Gasteiger partial charge is 0.309 e. The summed E-state index contributed by atoms with van der Waals surface area (Å²) in [6.45, 7) is 2.55. The van der Waals surface area contributed by atoms with E-state index < -0.39 is 12.6 Å². The van der Waals surface area contributed by atoms with Crippen LogP contribution in [0.15, 0.2) is 15.9 Å². The van der Waals surface area contributed by atoms with Crippen LogP contribution >= 0.6 is 27.3 Å². The first-order valence-electron chi connectivity index (χ1n) is 4.97. The van der Waals surface area contributed by atoms with Crippen LogP contribution in [-0.4, -0.2) is 12.7 Å². The van der Waals surface area contributed by atoms with Gasteiger partial charge >= 0.3 is 6.18 Å². The summed E-state index contributed by atoms with van der Waals surface area (Å²) in [5.74, 6) is 0. The van der Waals surface area contributed by atoms with Crippen molar-refractivity contribution >= 4 is 27.3 Å². The molecule has 1 aromatic rings. The van der Waals surface area contributed by atoms with Crippen molar-refractivity contribution in [3.05, 3.63) is 20.8 Å². The molecule has 1 unspecified atom stereocenters. The van der Waals surface area contributed by atoms with Gasteiger partial charge in [-0.05, 0) is 40.3 Å². The lowest BCUT2D eigenvalue weighted by molar-refractivity contribution is -0.136. The predicted molar refractivity (Wildman–Crippen MR) is 63.7 cm³/mol. The van der Waals surface area contributed by atoms with Crippen LogP contribution in [-0.2, 0) is 0 Å². The molecule has 1 atom stereocenters. The average Bonchev–Trinajstić information content (AvgIpc) is 2.57. The van der Waals surface area contributed by atoms with E-state index in [1.165, 1.54) is 11.3 Å². The Hall–Kier alpha value is -0.0700. The lowest BCUT2D eigenvalue weighted by Gasteiger charge is -2.18. The summed E-state index contributed by atoms with van der Waals surface area (Å²) >= 11 is 4.82. The van der Waals surface area contributed by atoms with Gasteiger partial charge in [-0.15, -0.1) is 11.3 Å². The molecule has 1 N–H and O–H groups in total. The molecule has 0 aliphatic heterocycles. The summed E-state index contributed by atoms with van der Waals surface area (Å²) in [6.07, 6.45) is -4.76. The molecular weight excluding hydrogens is 303 g/mol. The SMILES string of the molecule is CCNC(CCC(F)(F)F)c1sccc1Br. The van der Waals surface area contributed by atoms with E-state index in [-0.39, 0.29) is 12.5 Å². The molecule has 6 heteroatoms. The molecule has 0 aliphatic rings. The lowest BCUT2D eigenvalue weighted by atomic mass is 10.1. The Morgan fingerprint density at radius 3 is 2.62 bits per heavy atom. The fraction of sp³-hybridized carbons (Fsp3) is 0.600. The third-order valence-corrected chi connectivity index (χ3v) is 4.11. The summed E-state index contributed by atoms with van der Waals surface area (Å²) in [5, 5.41) is 4.95. The summed E-state index contributed by atoms with van der Waals surface area (Å²) < 4.78 is 37.4. The molecule has 1 aromatic heterocycles. The van der Waals surface area contributed by atoms with Gasteiger partial charge in [0.15, 0.2) is 0 Å². The van der Waals surface area contributed by atoms with E-state index in [0.29, 0.717) is 6.54 Å². The number of thiophene rings is 1. The minimum absolute atomic E-state index is 0.0798. The van der Waals surface area contributed by atoms with Gasteiger partial charge < -0.3 is 5.32 Å². The standard InChI is InChI=1S/C10H13BrF3NS/c1-2-15-8(3-5-10(12,13)14)9-7(11)4-6-16-9/h4,6,8,15H,2-3,5H2,1H3. The van der Waals surface area contributed by atoms with Gasteiger partial charge in [-0.3, -0.25) is 0 Å². The molecule has 1 rings (SSSR count). The van der Waals surface area contributed by atoms with E-state index in [9.17, 15) is 13.2 Å². The van der Waals surface area contributed by atoms with Crippen LogP contribution in [0, 0.1) is 0 Å². The highest BCUT2D eigenvalue weighted by Gasteiger charge is 2.29. The number of hydrogen-bond donors (Lipinski definition) is 1. The van der Waals surface area contributed by atoms with Gasteiger partial charge in [-0.1, -0.05) is 6.92 Å². The van der Waals surface area contributed by atoms with Gasteiger partial charge in [-0.25, -0.2) is 0 Å². The largest absolute Gasteiger partial charge is 0.389 e. The predicted octanol–water partition coefficient (Wildman–Crippen LogP) is 4.50. The molecule has 0 amide bonds. The van der Waals surface area contributed by atoms with Crippen LogP contribution < -0.4 is 5.32 Å². The second kappa shape index (κ2) is 6.02. The summed E-state index contributed by atoms with van der Waals surface area (Å²) in [6, 6.07) is 1.64. The fourth-order valence-corrected chi connectivity index (χ4v) is 3.19. The van der Waals surface area contributed by atoms with Gasteiger partial charge in [0, 0.05) is 21.8 Å². The second-order valence-corrected chi connectivity index (χ2v) is 5.20. The average molecular weight is 316 g/mol. The van der Waals surface area contributed by atoms with Gasteiger partial charge in [-0.2, -0.15) is 13.2 Å². The van der Waals surface area contributed by atoms with Gasteiger partial charge in [0.25, 0.3) is 0 Å². The molecule has 1 nitrogen and oxygen atoms in total. The zero-order valence-corrected chi connectivity index (χ0v) is 11.2. The number of rotatable bonds is 5.